The maximum Gasteiger partial charge on any atom is 0.0594 e. The summed E-state index contributed by atoms with van der Waals surface area (Å²) in [6.07, 6.45) is 7.14. The zero-order chi connectivity index (χ0) is 12.6. The van der Waals surface area contributed by atoms with Crippen LogP contribution in [0.25, 0.3) is 0 Å². The SMILES string of the molecule is Cc1ccc(CNCCOC2CCCCC2)cc1. The van der Waals surface area contributed by atoms with E-state index >= 15 is 0 Å². The number of hydrogen-bond donors (Lipinski definition) is 1. The molecule has 0 aromatic heterocycles. The molecule has 0 bridgehead atoms. The van der Waals surface area contributed by atoms with Gasteiger partial charge in [-0.15, -0.1) is 0 Å². The molecule has 1 aliphatic rings. The molecule has 1 aliphatic carbocycles. The van der Waals surface area contributed by atoms with E-state index in [-0.39, 0.29) is 0 Å². The Kier molecular flexibility index (Phi) is 5.69. The minimum Gasteiger partial charge on any atom is -0.377 e. The van der Waals surface area contributed by atoms with Crippen LogP contribution < -0.4 is 5.32 Å². The highest BCUT2D eigenvalue weighted by atomic mass is 16.5. The Labute approximate surface area is 111 Å². The van der Waals surface area contributed by atoms with Crippen LogP contribution in [0.15, 0.2) is 24.3 Å². The van der Waals surface area contributed by atoms with Crippen LogP contribution in [0, 0.1) is 6.92 Å². The monoisotopic (exact) mass is 247 g/mol. The Hall–Kier alpha value is -0.860. The molecule has 0 heterocycles. The second-order valence-corrected chi connectivity index (χ2v) is 5.29. The summed E-state index contributed by atoms with van der Waals surface area (Å²) < 4.78 is 5.88. The van der Waals surface area contributed by atoms with Gasteiger partial charge >= 0.3 is 0 Å². The van der Waals surface area contributed by atoms with Crippen LogP contribution in [0.3, 0.4) is 0 Å². The Balaban J connectivity index is 1.54. The molecule has 2 heteroatoms. The van der Waals surface area contributed by atoms with E-state index in [9.17, 15) is 0 Å². The molecule has 0 amide bonds. The topological polar surface area (TPSA) is 21.3 Å². The quantitative estimate of drug-likeness (QED) is 0.778. The third-order valence-electron chi connectivity index (χ3n) is 3.63. The average molecular weight is 247 g/mol. The van der Waals surface area contributed by atoms with E-state index in [2.05, 4.69) is 36.5 Å². The van der Waals surface area contributed by atoms with Crippen LogP contribution in [0.1, 0.15) is 43.2 Å². The number of nitrogens with one attached hydrogen (secondary N) is 1. The smallest absolute Gasteiger partial charge is 0.0594 e. The third-order valence-corrected chi connectivity index (χ3v) is 3.63. The van der Waals surface area contributed by atoms with Crippen LogP contribution in [0.4, 0.5) is 0 Å². The van der Waals surface area contributed by atoms with Crippen LogP contribution in [-0.4, -0.2) is 19.3 Å². The van der Waals surface area contributed by atoms with Gasteiger partial charge in [-0.1, -0.05) is 49.1 Å². The summed E-state index contributed by atoms with van der Waals surface area (Å²) in [5, 5.41) is 3.44. The van der Waals surface area contributed by atoms with Gasteiger partial charge in [0.25, 0.3) is 0 Å². The van der Waals surface area contributed by atoms with Gasteiger partial charge in [0.2, 0.25) is 0 Å². The summed E-state index contributed by atoms with van der Waals surface area (Å²) in [4.78, 5) is 0. The van der Waals surface area contributed by atoms with Gasteiger partial charge in [-0.2, -0.15) is 0 Å². The number of rotatable bonds is 6. The molecule has 2 nitrogen and oxygen atoms in total. The summed E-state index contributed by atoms with van der Waals surface area (Å²) in [5.74, 6) is 0. The largest absolute Gasteiger partial charge is 0.377 e. The summed E-state index contributed by atoms with van der Waals surface area (Å²) in [6.45, 7) is 4.85. The van der Waals surface area contributed by atoms with Gasteiger partial charge in [0, 0.05) is 13.1 Å². The van der Waals surface area contributed by atoms with Gasteiger partial charge in [-0.05, 0) is 25.3 Å². The normalized spacial score (nSPS) is 16.9. The van der Waals surface area contributed by atoms with Gasteiger partial charge in [0.15, 0.2) is 0 Å². The van der Waals surface area contributed by atoms with Gasteiger partial charge in [-0.3, -0.25) is 0 Å². The molecular weight excluding hydrogens is 222 g/mol. The number of aryl methyl sites for hydroxylation is 1. The van der Waals surface area contributed by atoms with E-state index in [1.807, 2.05) is 0 Å². The second-order valence-electron chi connectivity index (χ2n) is 5.29. The highest BCUT2D eigenvalue weighted by Gasteiger charge is 2.12. The van der Waals surface area contributed by atoms with Crippen molar-refractivity contribution in [1.82, 2.24) is 5.32 Å². The van der Waals surface area contributed by atoms with Gasteiger partial charge < -0.3 is 10.1 Å². The molecule has 0 radical (unpaired) electrons. The van der Waals surface area contributed by atoms with E-state index in [4.69, 9.17) is 4.74 Å². The zero-order valence-electron chi connectivity index (χ0n) is 11.5. The lowest BCUT2D eigenvalue weighted by molar-refractivity contribution is 0.0302. The first-order valence-electron chi connectivity index (χ1n) is 7.22. The second kappa shape index (κ2) is 7.55. The van der Waals surface area contributed by atoms with E-state index in [0.29, 0.717) is 6.10 Å². The summed E-state index contributed by atoms with van der Waals surface area (Å²) in [5.41, 5.74) is 2.66. The van der Waals surface area contributed by atoms with Gasteiger partial charge in [-0.25, -0.2) is 0 Å². The van der Waals surface area contributed by atoms with Crippen molar-refractivity contribution < 1.29 is 4.74 Å². The fourth-order valence-corrected chi connectivity index (χ4v) is 2.47. The fraction of sp³-hybridized carbons (Fsp3) is 0.625. The first-order valence-corrected chi connectivity index (χ1v) is 7.22. The minimum absolute atomic E-state index is 0.528. The molecule has 0 spiro atoms. The predicted molar refractivity (Wildman–Crippen MR) is 75.7 cm³/mol. The van der Waals surface area contributed by atoms with Gasteiger partial charge in [0.05, 0.1) is 12.7 Å². The molecule has 1 aromatic rings. The van der Waals surface area contributed by atoms with Crippen molar-refractivity contribution in [1.29, 1.82) is 0 Å². The Bertz CT molecular complexity index is 327. The van der Waals surface area contributed by atoms with Crippen molar-refractivity contribution >= 4 is 0 Å². The van der Waals surface area contributed by atoms with Crippen molar-refractivity contribution in [3.05, 3.63) is 35.4 Å². The van der Waals surface area contributed by atoms with Crippen molar-refractivity contribution in [2.24, 2.45) is 0 Å². The van der Waals surface area contributed by atoms with Crippen molar-refractivity contribution in [2.45, 2.75) is 51.7 Å². The fourth-order valence-electron chi connectivity index (χ4n) is 2.47. The lowest BCUT2D eigenvalue weighted by atomic mass is 9.98. The molecule has 1 saturated carbocycles. The summed E-state index contributed by atoms with van der Waals surface area (Å²) in [7, 11) is 0. The van der Waals surface area contributed by atoms with Crippen molar-refractivity contribution in [3.63, 3.8) is 0 Å². The Morgan fingerprint density at radius 3 is 2.56 bits per heavy atom. The van der Waals surface area contributed by atoms with Crippen LogP contribution >= 0.6 is 0 Å². The van der Waals surface area contributed by atoms with E-state index < -0.39 is 0 Å². The Morgan fingerprint density at radius 2 is 1.83 bits per heavy atom. The number of ether oxygens (including phenoxy) is 1. The first-order chi connectivity index (χ1) is 8.84. The first kappa shape index (κ1) is 13.6. The van der Waals surface area contributed by atoms with Crippen LogP contribution in [0.5, 0.6) is 0 Å². The minimum atomic E-state index is 0.528. The molecule has 1 fully saturated rings. The molecule has 18 heavy (non-hydrogen) atoms. The number of hydrogen-bond acceptors (Lipinski definition) is 2. The Morgan fingerprint density at radius 1 is 1.11 bits per heavy atom. The molecule has 0 aliphatic heterocycles. The standard InChI is InChI=1S/C16H25NO/c1-14-7-9-15(10-8-14)13-17-11-12-18-16-5-3-2-4-6-16/h7-10,16-17H,2-6,11-13H2,1H3. The molecule has 0 saturated heterocycles. The van der Waals surface area contributed by atoms with E-state index in [1.165, 1.54) is 43.2 Å². The predicted octanol–water partition coefficient (Wildman–Crippen LogP) is 3.43. The van der Waals surface area contributed by atoms with Gasteiger partial charge in [0.1, 0.15) is 0 Å². The maximum atomic E-state index is 5.88. The molecule has 2 rings (SSSR count). The van der Waals surface area contributed by atoms with E-state index in [1.54, 1.807) is 0 Å². The maximum absolute atomic E-state index is 5.88. The highest BCUT2D eigenvalue weighted by Crippen LogP contribution is 2.19. The molecule has 0 unspecified atom stereocenters. The lowest BCUT2D eigenvalue weighted by Crippen LogP contribution is -2.24. The third kappa shape index (κ3) is 4.79. The molecule has 0 atom stereocenters. The average Bonchev–Trinajstić information content (AvgIpc) is 2.42. The van der Waals surface area contributed by atoms with E-state index in [0.717, 1.165) is 19.7 Å². The van der Waals surface area contributed by atoms with Crippen LogP contribution in [0.2, 0.25) is 0 Å². The zero-order valence-corrected chi connectivity index (χ0v) is 11.5. The molecular formula is C16H25NO. The molecule has 100 valence electrons. The summed E-state index contributed by atoms with van der Waals surface area (Å²) in [6, 6.07) is 8.69. The van der Waals surface area contributed by atoms with Crippen LogP contribution in [-0.2, 0) is 11.3 Å². The van der Waals surface area contributed by atoms with Crippen molar-refractivity contribution in [2.75, 3.05) is 13.2 Å². The molecule has 1 N–H and O–H groups in total. The van der Waals surface area contributed by atoms with Crippen molar-refractivity contribution in [3.8, 4) is 0 Å². The summed E-state index contributed by atoms with van der Waals surface area (Å²) >= 11 is 0. The number of benzene rings is 1. The lowest BCUT2D eigenvalue weighted by Gasteiger charge is -2.22. The highest BCUT2D eigenvalue weighted by molar-refractivity contribution is 5.20. The molecule has 1 aromatic carbocycles.